The molecule has 19 heavy (non-hydrogen) atoms. The lowest BCUT2D eigenvalue weighted by molar-refractivity contribution is -0.151. The molecule has 1 heterocycles. The third-order valence-electron chi connectivity index (χ3n) is 3.86. The summed E-state index contributed by atoms with van der Waals surface area (Å²) in [6.45, 7) is 0.245. The van der Waals surface area contributed by atoms with Gasteiger partial charge in [0.2, 0.25) is 0 Å². The van der Waals surface area contributed by atoms with Crippen molar-refractivity contribution in [2.24, 2.45) is 5.41 Å². The molecule has 1 N–H and O–H groups in total. The lowest BCUT2D eigenvalue weighted by Gasteiger charge is -2.38. The molecule has 1 fully saturated rings. The SMILES string of the molecule is COc1ccccc1N1CCC(CF)(C(=O)O)CC1. The van der Waals surface area contributed by atoms with Gasteiger partial charge < -0.3 is 14.7 Å². The number of nitrogens with zero attached hydrogens (tertiary/aromatic N) is 1. The Hall–Kier alpha value is -1.78. The first-order chi connectivity index (χ1) is 9.13. The molecular weight excluding hydrogens is 249 g/mol. The van der Waals surface area contributed by atoms with E-state index in [9.17, 15) is 9.18 Å². The van der Waals surface area contributed by atoms with Crippen LogP contribution in [0.3, 0.4) is 0 Å². The highest BCUT2D eigenvalue weighted by Gasteiger charge is 2.42. The van der Waals surface area contributed by atoms with E-state index in [1.54, 1.807) is 7.11 Å². The van der Waals surface area contributed by atoms with Crippen LogP contribution in [0.15, 0.2) is 24.3 Å². The number of rotatable bonds is 4. The van der Waals surface area contributed by atoms with Crippen molar-refractivity contribution < 1.29 is 19.0 Å². The molecule has 0 amide bonds. The van der Waals surface area contributed by atoms with Gasteiger partial charge in [0, 0.05) is 13.1 Å². The number of anilines is 1. The van der Waals surface area contributed by atoms with E-state index in [0.29, 0.717) is 25.9 Å². The molecule has 5 heteroatoms. The van der Waals surface area contributed by atoms with Crippen LogP contribution in [0.4, 0.5) is 10.1 Å². The molecule has 0 aliphatic carbocycles. The van der Waals surface area contributed by atoms with Crippen LogP contribution in [0.2, 0.25) is 0 Å². The monoisotopic (exact) mass is 267 g/mol. The molecule has 1 saturated heterocycles. The minimum absolute atomic E-state index is 0.316. The van der Waals surface area contributed by atoms with Gasteiger partial charge in [-0.15, -0.1) is 0 Å². The smallest absolute Gasteiger partial charge is 0.312 e. The quantitative estimate of drug-likeness (QED) is 0.909. The number of carboxylic acid groups (broad SMARTS) is 1. The number of methoxy groups -OCH3 is 1. The zero-order valence-corrected chi connectivity index (χ0v) is 10.9. The predicted octanol–water partition coefficient (Wildman–Crippen LogP) is 2.34. The number of carboxylic acids is 1. The Morgan fingerprint density at radius 1 is 1.42 bits per heavy atom. The molecule has 1 aliphatic heterocycles. The molecular formula is C14H18FNO3. The number of para-hydroxylation sites is 2. The molecule has 1 aromatic carbocycles. The van der Waals surface area contributed by atoms with Crippen LogP contribution < -0.4 is 9.64 Å². The molecule has 1 aromatic rings. The number of halogens is 1. The summed E-state index contributed by atoms with van der Waals surface area (Å²) >= 11 is 0. The molecule has 0 atom stereocenters. The van der Waals surface area contributed by atoms with Gasteiger partial charge in [-0.2, -0.15) is 0 Å². The summed E-state index contributed by atoms with van der Waals surface area (Å²) < 4.78 is 18.3. The van der Waals surface area contributed by atoms with Gasteiger partial charge in [-0.25, -0.2) is 4.39 Å². The molecule has 1 aliphatic rings. The van der Waals surface area contributed by atoms with E-state index < -0.39 is 18.1 Å². The number of hydrogen-bond donors (Lipinski definition) is 1. The van der Waals surface area contributed by atoms with E-state index in [0.717, 1.165) is 11.4 Å². The lowest BCUT2D eigenvalue weighted by atomic mass is 9.79. The van der Waals surface area contributed by atoms with Gasteiger partial charge in [-0.05, 0) is 25.0 Å². The van der Waals surface area contributed by atoms with Crippen molar-refractivity contribution in [2.45, 2.75) is 12.8 Å². The molecule has 0 saturated carbocycles. The third-order valence-corrected chi connectivity index (χ3v) is 3.86. The van der Waals surface area contributed by atoms with Gasteiger partial charge in [-0.1, -0.05) is 12.1 Å². The van der Waals surface area contributed by atoms with E-state index in [1.807, 2.05) is 24.3 Å². The fraction of sp³-hybridized carbons (Fsp3) is 0.500. The molecule has 104 valence electrons. The van der Waals surface area contributed by atoms with Crippen molar-refractivity contribution in [3.63, 3.8) is 0 Å². The summed E-state index contributed by atoms with van der Waals surface area (Å²) in [5.74, 6) is -0.278. The van der Waals surface area contributed by atoms with Crippen molar-refractivity contribution in [2.75, 3.05) is 31.8 Å². The number of ether oxygens (including phenoxy) is 1. The van der Waals surface area contributed by atoms with E-state index >= 15 is 0 Å². The van der Waals surface area contributed by atoms with E-state index in [-0.39, 0.29) is 0 Å². The number of hydrogen-bond acceptors (Lipinski definition) is 3. The van der Waals surface area contributed by atoms with Crippen LogP contribution in [-0.4, -0.2) is 37.9 Å². The van der Waals surface area contributed by atoms with Crippen molar-refractivity contribution >= 4 is 11.7 Å². The highest BCUT2D eigenvalue weighted by atomic mass is 19.1. The standard InChI is InChI=1S/C14H18FNO3/c1-19-12-5-3-2-4-11(12)16-8-6-14(10-15,7-9-16)13(17)18/h2-5H,6-10H2,1H3,(H,17,18). The Morgan fingerprint density at radius 2 is 2.05 bits per heavy atom. The average Bonchev–Trinajstić information content (AvgIpc) is 2.47. The van der Waals surface area contributed by atoms with Gasteiger partial charge in [0.15, 0.2) is 0 Å². The molecule has 0 unspecified atom stereocenters. The Morgan fingerprint density at radius 3 is 2.58 bits per heavy atom. The van der Waals surface area contributed by atoms with Crippen LogP contribution in [0.5, 0.6) is 5.75 Å². The zero-order valence-electron chi connectivity index (χ0n) is 10.9. The topological polar surface area (TPSA) is 49.8 Å². The highest BCUT2D eigenvalue weighted by Crippen LogP contribution is 2.37. The molecule has 0 aromatic heterocycles. The van der Waals surface area contributed by atoms with E-state index in [2.05, 4.69) is 4.90 Å². The number of piperidine rings is 1. The van der Waals surface area contributed by atoms with Crippen LogP contribution in [0.25, 0.3) is 0 Å². The highest BCUT2D eigenvalue weighted by molar-refractivity contribution is 5.75. The van der Waals surface area contributed by atoms with Crippen molar-refractivity contribution in [1.29, 1.82) is 0 Å². The summed E-state index contributed by atoms with van der Waals surface area (Å²) in [5, 5.41) is 9.16. The summed E-state index contributed by atoms with van der Waals surface area (Å²) in [6, 6.07) is 7.59. The Labute approximate surface area is 111 Å². The first-order valence-electron chi connectivity index (χ1n) is 6.30. The van der Waals surface area contributed by atoms with Crippen molar-refractivity contribution in [3.05, 3.63) is 24.3 Å². The average molecular weight is 267 g/mol. The number of carbonyl (C=O) groups is 1. The fourth-order valence-electron chi connectivity index (χ4n) is 2.47. The van der Waals surface area contributed by atoms with Gasteiger partial charge >= 0.3 is 5.97 Å². The Balaban J connectivity index is 2.13. The summed E-state index contributed by atoms with van der Waals surface area (Å²) in [5.41, 5.74) is -0.277. The first kappa shape index (κ1) is 13.6. The molecule has 0 radical (unpaired) electrons. The Kier molecular flexibility index (Phi) is 3.93. The van der Waals surface area contributed by atoms with Crippen LogP contribution >= 0.6 is 0 Å². The lowest BCUT2D eigenvalue weighted by Crippen LogP contribution is -2.45. The summed E-state index contributed by atoms with van der Waals surface area (Å²) in [7, 11) is 1.60. The first-order valence-corrected chi connectivity index (χ1v) is 6.30. The number of alkyl halides is 1. The number of benzene rings is 1. The third kappa shape index (κ3) is 2.50. The molecule has 0 bridgehead atoms. The van der Waals surface area contributed by atoms with Gasteiger partial charge in [0.05, 0.1) is 18.2 Å². The second-order valence-corrected chi connectivity index (χ2v) is 4.88. The van der Waals surface area contributed by atoms with Gasteiger partial charge in [0.25, 0.3) is 0 Å². The van der Waals surface area contributed by atoms with Crippen molar-refractivity contribution in [1.82, 2.24) is 0 Å². The zero-order chi connectivity index (χ0) is 13.9. The van der Waals surface area contributed by atoms with Crippen LogP contribution in [0.1, 0.15) is 12.8 Å². The largest absolute Gasteiger partial charge is 0.495 e. The molecule has 0 spiro atoms. The summed E-state index contributed by atoms with van der Waals surface area (Å²) in [6.07, 6.45) is 0.633. The molecule has 2 rings (SSSR count). The van der Waals surface area contributed by atoms with Crippen LogP contribution in [-0.2, 0) is 4.79 Å². The summed E-state index contributed by atoms with van der Waals surface area (Å²) in [4.78, 5) is 13.2. The minimum Gasteiger partial charge on any atom is -0.495 e. The second-order valence-electron chi connectivity index (χ2n) is 4.88. The fourth-order valence-corrected chi connectivity index (χ4v) is 2.47. The van der Waals surface area contributed by atoms with Gasteiger partial charge in [-0.3, -0.25) is 4.79 Å². The van der Waals surface area contributed by atoms with Gasteiger partial charge in [0.1, 0.15) is 12.4 Å². The molecule has 4 nitrogen and oxygen atoms in total. The Bertz CT molecular complexity index is 456. The maximum Gasteiger partial charge on any atom is 0.312 e. The van der Waals surface area contributed by atoms with E-state index in [1.165, 1.54) is 0 Å². The predicted molar refractivity (Wildman–Crippen MR) is 70.5 cm³/mol. The maximum absolute atomic E-state index is 13.0. The van der Waals surface area contributed by atoms with E-state index in [4.69, 9.17) is 9.84 Å². The maximum atomic E-state index is 13.0. The van der Waals surface area contributed by atoms with Crippen LogP contribution in [0, 0.1) is 5.41 Å². The second kappa shape index (κ2) is 5.47. The minimum atomic E-state index is -1.21. The van der Waals surface area contributed by atoms with Crippen molar-refractivity contribution in [3.8, 4) is 5.75 Å². The normalized spacial score (nSPS) is 18.1. The number of aliphatic carboxylic acids is 1.